The molecule has 0 spiro atoms. The van der Waals surface area contributed by atoms with Crippen molar-refractivity contribution in [1.29, 1.82) is 0 Å². The van der Waals surface area contributed by atoms with Gasteiger partial charge in [-0.05, 0) is 41.4 Å². The van der Waals surface area contributed by atoms with Gasteiger partial charge in [0.2, 0.25) is 0 Å². The van der Waals surface area contributed by atoms with Gasteiger partial charge in [0.25, 0.3) is 11.6 Å². The van der Waals surface area contributed by atoms with Gasteiger partial charge in [-0.3, -0.25) is 14.9 Å². The van der Waals surface area contributed by atoms with Crippen LogP contribution in [0.4, 0.5) is 18.9 Å². The lowest BCUT2D eigenvalue weighted by Gasteiger charge is -2.24. The summed E-state index contributed by atoms with van der Waals surface area (Å²) in [7, 11) is 0. The third-order valence-corrected chi connectivity index (χ3v) is 3.98. The van der Waals surface area contributed by atoms with Gasteiger partial charge >= 0.3 is 6.18 Å². The maximum atomic E-state index is 12.8. The fraction of sp³-hybridized carbons (Fsp3) is 0.267. The number of rotatable bonds is 5. The number of nitro groups is 1. The molecule has 0 aliphatic heterocycles. The Hall–Kier alpha value is -2.42. The second kappa shape index (κ2) is 7.00. The van der Waals surface area contributed by atoms with Crippen LogP contribution < -0.4 is 0 Å². The molecule has 9 heteroatoms. The number of amides is 1. The highest BCUT2D eigenvalue weighted by atomic mass is 32.1. The largest absolute Gasteiger partial charge is 0.406 e. The number of benzene rings is 1. The summed E-state index contributed by atoms with van der Waals surface area (Å²) in [5.41, 5.74) is 0.605. The number of halogens is 3. The lowest BCUT2D eigenvalue weighted by atomic mass is 10.1. The van der Waals surface area contributed by atoms with Crippen LogP contribution in [0.3, 0.4) is 0 Å². The summed E-state index contributed by atoms with van der Waals surface area (Å²) in [6.07, 6.45) is -4.54. The molecule has 1 aromatic carbocycles. The Kier molecular flexibility index (Phi) is 5.23. The monoisotopic (exact) mass is 358 g/mol. The molecule has 0 aliphatic rings. The summed E-state index contributed by atoms with van der Waals surface area (Å²) < 4.78 is 38.3. The third kappa shape index (κ3) is 4.54. The summed E-state index contributed by atoms with van der Waals surface area (Å²) in [5, 5.41) is 14.2. The zero-order valence-electron chi connectivity index (χ0n) is 12.5. The first-order valence-corrected chi connectivity index (χ1v) is 7.74. The number of thiophene rings is 1. The van der Waals surface area contributed by atoms with Gasteiger partial charge in [0.05, 0.1) is 4.92 Å². The van der Waals surface area contributed by atoms with Gasteiger partial charge in [-0.25, -0.2) is 0 Å². The van der Waals surface area contributed by atoms with Crippen molar-refractivity contribution in [3.05, 3.63) is 61.8 Å². The van der Waals surface area contributed by atoms with Crippen molar-refractivity contribution in [3.8, 4) is 0 Å². The highest BCUT2D eigenvalue weighted by Crippen LogP contribution is 2.23. The van der Waals surface area contributed by atoms with E-state index in [1.807, 2.05) is 0 Å². The predicted octanol–water partition coefficient (Wildman–Crippen LogP) is 4.17. The third-order valence-electron chi connectivity index (χ3n) is 3.25. The second-order valence-corrected chi connectivity index (χ2v) is 5.95. The van der Waals surface area contributed by atoms with Gasteiger partial charge in [-0.2, -0.15) is 24.5 Å². The van der Waals surface area contributed by atoms with E-state index < -0.39 is 23.6 Å². The Labute approximate surface area is 139 Å². The minimum atomic E-state index is -4.54. The molecule has 0 aliphatic carbocycles. The molecule has 0 atom stereocenters. The maximum Gasteiger partial charge on any atom is 0.406 e. The molecule has 0 unspecified atom stereocenters. The van der Waals surface area contributed by atoms with Crippen LogP contribution in [0.2, 0.25) is 0 Å². The SMILES string of the molecule is Cc1cc(C(=O)N(Cc2ccsc2)CC(F)(F)F)ccc1[N+](=O)[O-]. The van der Waals surface area contributed by atoms with Gasteiger partial charge in [-0.15, -0.1) is 0 Å². The Balaban J connectivity index is 2.29. The first-order chi connectivity index (χ1) is 11.2. The molecule has 0 radical (unpaired) electrons. The van der Waals surface area contributed by atoms with E-state index in [-0.39, 0.29) is 23.4 Å². The summed E-state index contributed by atoms with van der Waals surface area (Å²) in [6.45, 7) is -0.141. The van der Waals surface area contributed by atoms with E-state index in [9.17, 15) is 28.1 Å². The van der Waals surface area contributed by atoms with Crippen LogP contribution in [-0.4, -0.2) is 28.5 Å². The van der Waals surface area contributed by atoms with Crippen molar-refractivity contribution >= 4 is 22.9 Å². The van der Waals surface area contributed by atoms with Crippen LogP contribution in [0.15, 0.2) is 35.0 Å². The minimum Gasteiger partial charge on any atom is -0.325 e. The fourth-order valence-electron chi connectivity index (χ4n) is 2.19. The molecular formula is C15H13F3N2O3S. The zero-order valence-corrected chi connectivity index (χ0v) is 13.4. The lowest BCUT2D eigenvalue weighted by molar-refractivity contribution is -0.385. The molecule has 2 aromatic rings. The Bertz CT molecular complexity index is 745. The van der Waals surface area contributed by atoms with E-state index in [1.165, 1.54) is 30.4 Å². The minimum absolute atomic E-state index is 0.0161. The van der Waals surface area contributed by atoms with E-state index >= 15 is 0 Å². The molecule has 2 rings (SSSR count). The number of hydrogen-bond acceptors (Lipinski definition) is 4. The molecule has 1 aromatic heterocycles. The van der Waals surface area contributed by atoms with Crippen molar-refractivity contribution < 1.29 is 22.9 Å². The van der Waals surface area contributed by atoms with Crippen LogP contribution in [0, 0.1) is 17.0 Å². The molecule has 1 heterocycles. The lowest BCUT2D eigenvalue weighted by Crippen LogP contribution is -2.38. The highest BCUT2D eigenvalue weighted by molar-refractivity contribution is 7.07. The van der Waals surface area contributed by atoms with E-state index in [4.69, 9.17) is 0 Å². The predicted molar refractivity (Wildman–Crippen MR) is 82.9 cm³/mol. The van der Waals surface area contributed by atoms with Crippen molar-refractivity contribution in [2.75, 3.05) is 6.54 Å². The molecule has 1 amide bonds. The zero-order chi connectivity index (χ0) is 17.9. The molecule has 0 N–H and O–H groups in total. The van der Waals surface area contributed by atoms with Gasteiger partial charge in [0.15, 0.2) is 0 Å². The summed E-state index contributed by atoms with van der Waals surface area (Å²) >= 11 is 1.32. The Morgan fingerprint density at radius 3 is 2.54 bits per heavy atom. The number of carbonyl (C=O) groups is 1. The van der Waals surface area contributed by atoms with Crippen LogP contribution in [0.25, 0.3) is 0 Å². The summed E-state index contributed by atoms with van der Waals surface area (Å²) in [5.74, 6) is -0.823. The van der Waals surface area contributed by atoms with Crippen molar-refractivity contribution in [3.63, 3.8) is 0 Å². The first-order valence-electron chi connectivity index (χ1n) is 6.79. The van der Waals surface area contributed by atoms with Crippen LogP contribution in [0.1, 0.15) is 21.5 Å². The topological polar surface area (TPSA) is 63.5 Å². The molecule has 0 fully saturated rings. The second-order valence-electron chi connectivity index (χ2n) is 5.17. The first kappa shape index (κ1) is 17.9. The van der Waals surface area contributed by atoms with Gasteiger partial charge in [-0.1, -0.05) is 0 Å². The molecule has 0 saturated heterocycles. The summed E-state index contributed by atoms with van der Waals surface area (Å²) in [4.78, 5) is 23.3. The van der Waals surface area contributed by atoms with Crippen molar-refractivity contribution in [1.82, 2.24) is 4.90 Å². The smallest absolute Gasteiger partial charge is 0.325 e. The summed E-state index contributed by atoms with van der Waals surface area (Å²) in [6, 6.07) is 5.17. The van der Waals surface area contributed by atoms with Crippen LogP contribution >= 0.6 is 11.3 Å². The van der Waals surface area contributed by atoms with Crippen molar-refractivity contribution in [2.24, 2.45) is 0 Å². The average Bonchev–Trinajstić information content (AvgIpc) is 2.96. The van der Waals surface area contributed by atoms with E-state index in [0.717, 1.165) is 6.07 Å². The van der Waals surface area contributed by atoms with E-state index in [2.05, 4.69) is 0 Å². The number of carbonyl (C=O) groups excluding carboxylic acids is 1. The van der Waals surface area contributed by atoms with Crippen LogP contribution in [-0.2, 0) is 6.54 Å². The van der Waals surface area contributed by atoms with Gasteiger partial charge in [0, 0.05) is 23.7 Å². The number of aryl methyl sites for hydroxylation is 1. The van der Waals surface area contributed by atoms with Crippen molar-refractivity contribution in [2.45, 2.75) is 19.6 Å². The number of alkyl halides is 3. The van der Waals surface area contributed by atoms with Gasteiger partial charge in [0.1, 0.15) is 6.54 Å². The quantitative estimate of drug-likeness (QED) is 0.595. The average molecular weight is 358 g/mol. The van der Waals surface area contributed by atoms with E-state index in [1.54, 1.807) is 16.8 Å². The normalized spacial score (nSPS) is 11.3. The standard InChI is InChI=1S/C15H13F3N2O3S/c1-10-6-12(2-3-13(10)20(22)23)14(21)19(9-15(16,17)18)7-11-4-5-24-8-11/h2-6,8H,7,9H2,1H3. The number of hydrogen-bond donors (Lipinski definition) is 0. The number of nitro benzene ring substituents is 1. The molecule has 24 heavy (non-hydrogen) atoms. The number of nitrogens with zero attached hydrogens (tertiary/aromatic N) is 2. The molecular weight excluding hydrogens is 345 g/mol. The van der Waals surface area contributed by atoms with Gasteiger partial charge < -0.3 is 4.90 Å². The highest BCUT2D eigenvalue weighted by Gasteiger charge is 2.33. The van der Waals surface area contributed by atoms with E-state index in [0.29, 0.717) is 10.5 Å². The van der Waals surface area contributed by atoms with Crippen LogP contribution in [0.5, 0.6) is 0 Å². The fourth-order valence-corrected chi connectivity index (χ4v) is 2.85. The molecule has 0 saturated carbocycles. The molecule has 128 valence electrons. The maximum absolute atomic E-state index is 12.8. The molecule has 0 bridgehead atoms. The Morgan fingerprint density at radius 2 is 2.04 bits per heavy atom. The molecule has 5 nitrogen and oxygen atoms in total. The Morgan fingerprint density at radius 1 is 1.33 bits per heavy atom.